The van der Waals surface area contributed by atoms with Crippen LogP contribution >= 0.6 is 0 Å². The van der Waals surface area contributed by atoms with Gasteiger partial charge < -0.3 is 19.0 Å². The highest BCUT2D eigenvalue weighted by Crippen LogP contribution is 2.37. The van der Waals surface area contributed by atoms with Crippen molar-refractivity contribution in [1.82, 2.24) is 0 Å². The second-order valence-electron chi connectivity index (χ2n) is 11.8. The molecule has 1 saturated carbocycles. The molecule has 37 heavy (non-hydrogen) atoms. The Kier molecular flexibility index (Phi) is 12.1. The van der Waals surface area contributed by atoms with E-state index in [4.69, 9.17) is 14.2 Å². The van der Waals surface area contributed by atoms with Crippen LogP contribution in [0.25, 0.3) is 0 Å². The predicted octanol–water partition coefficient (Wildman–Crippen LogP) is 7.50. The van der Waals surface area contributed by atoms with Crippen molar-refractivity contribution in [3.8, 4) is 0 Å². The van der Waals surface area contributed by atoms with Gasteiger partial charge in [0.05, 0.1) is 18.5 Å². The van der Waals surface area contributed by atoms with Crippen LogP contribution in [0.15, 0.2) is 35.1 Å². The summed E-state index contributed by atoms with van der Waals surface area (Å²) in [5, 5.41) is 0. The van der Waals surface area contributed by atoms with E-state index in [1.807, 2.05) is 19.9 Å². The molecule has 0 aromatic carbocycles. The van der Waals surface area contributed by atoms with Crippen molar-refractivity contribution in [2.24, 2.45) is 23.7 Å². The summed E-state index contributed by atoms with van der Waals surface area (Å²) in [7, 11) is 0. The van der Waals surface area contributed by atoms with Crippen LogP contribution in [0.1, 0.15) is 105 Å². The van der Waals surface area contributed by atoms with E-state index in [-0.39, 0.29) is 42.0 Å². The van der Waals surface area contributed by atoms with Gasteiger partial charge in [0.2, 0.25) is 0 Å². The minimum Gasteiger partial charge on any atom is -0.494 e. The number of allylic oxidation sites excluding steroid dienone is 5. The molecular formula is C32H50O5. The van der Waals surface area contributed by atoms with Gasteiger partial charge in [-0.1, -0.05) is 38.5 Å². The molecule has 2 fully saturated rings. The van der Waals surface area contributed by atoms with E-state index in [9.17, 15) is 9.59 Å². The summed E-state index contributed by atoms with van der Waals surface area (Å²) in [5.74, 6) is 2.01. The summed E-state index contributed by atoms with van der Waals surface area (Å²) in [6, 6.07) is 0. The molecule has 1 aliphatic carbocycles. The Morgan fingerprint density at radius 1 is 1.05 bits per heavy atom. The third-order valence-electron chi connectivity index (χ3n) is 8.17. The highest BCUT2D eigenvalue weighted by Gasteiger charge is 2.28. The van der Waals surface area contributed by atoms with Gasteiger partial charge in [0.1, 0.15) is 12.4 Å². The Morgan fingerprint density at radius 2 is 1.84 bits per heavy atom. The summed E-state index contributed by atoms with van der Waals surface area (Å²) in [5.41, 5.74) is 2.50. The Morgan fingerprint density at radius 3 is 2.51 bits per heavy atom. The smallest absolute Gasteiger partial charge is 0.158 e. The number of ether oxygens (including phenoxy) is 3. The van der Waals surface area contributed by atoms with Crippen molar-refractivity contribution in [2.75, 3.05) is 6.61 Å². The lowest BCUT2D eigenvalue weighted by Crippen LogP contribution is -2.32. The van der Waals surface area contributed by atoms with Crippen LogP contribution < -0.4 is 0 Å². The molecule has 2 heterocycles. The fourth-order valence-electron chi connectivity index (χ4n) is 5.76. The summed E-state index contributed by atoms with van der Waals surface area (Å²) >= 11 is 0. The molecule has 3 aliphatic rings. The maximum atomic E-state index is 12.9. The van der Waals surface area contributed by atoms with E-state index in [0.717, 1.165) is 76.1 Å². The van der Waals surface area contributed by atoms with Gasteiger partial charge in [-0.05, 0) is 95.1 Å². The van der Waals surface area contributed by atoms with Gasteiger partial charge in [-0.2, -0.15) is 0 Å². The SMILES string of the molecule is CC[C@H]1OC(=C2CC2)CC[C@H](C)C[C@@H](CC=O)C[C@@H](C)C(=O)/C=C/C(C)=C/C1COC1CCCC(C)O1. The van der Waals surface area contributed by atoms with E-state index in [2.05, 4.69) is 26.8 Å². The van der Waals surface area contributed by atoms with Crippen molar-refractivity contribution in [3.63, 3.8) is 0 Å². The van der Waals surface area contributed by atoms with Gasteiger partial charge >= 0.3 is 0 Å². The van der Waals surface area contributed by atoms with E-state index in [0.29, 0.717) is 18.9 Å². The molecule has 1 saturated heterocycles. The zero-order chi connectivity index (χ0) is 26.8. The topological polar surface area (TPSA) is 61.8 Å². The molecule has 208 valence electrons. The molecule has 5 heteroatoms. The Hall–Kier alpha value is -1.72. The van der Waals surface area contributed by atoms with E-state index in [1.54, 1.807) is 6.08 Å². The number of aldehydes is 1. The molecular weight excluding hydrogens is 464 g/mol. The minimum atomic E-state index is -0.158. The predicted molar refractivity (Wildman–Crippen MR) is 148 cm³/mol. The third kappa shape index (κ3) is 10.2. The van der Waals surface area contributed by atoms with Crippen LogP contribution in [0.2, 0.25) is 0 Å². The van der Waals surface area contributed by atoms with E-state index in [1.165, 1.54) is 11.3 Å². The van der Waals surface area contributed by atoms with Crippen LogP contribution in [-0.4, -0.2) is 37.2 Å². The summed E-state index contributed by atoms with van der Waals surface area (Å²) in [6.45, 7) is 11.2. The molecule has 0 N–H and O–H groups in total. The number of carbonyl (C=O) groups excluding carboxylic acids is 2. The highest BCUT2D eigenvalue weighted by molar-refractivity contribution is 5.91. The molecule has 0 bridgehead atoms. The van der Waals surface area contributed by atoms with Crippen LogP contribution in [0.4, 0.5) is 0 Å². The number of carbonyl (C=O) groups is 2. The molecule has 0 aromatic rings. The number of ketones is 1. The van der Waals surface area contributed by atoms with Crippen LogP contribution in [0.5, 0.6) is 0 Å². The third-order valence-corrected chi connectivity index (χ3v) is 8.17. The average Bonchev–Trinajstić information content (AvgIpc) is 3.70. The fourth-order valence-corrected chi connectivity index (χ4v) is 5.76. The van der Waals surface area contributed by atoms with Crippen LogP contribution in [-0.2, 0) is 23.8 Å². The second-order valence-corrected chi connectivity index (χ2v) is 11.8. The standard InChI is InChI=1S/C32H50O5/c1-6-30-28(21-35-32-9-7-8-25(5)36-32)19-23(3)10-14-29(34)24(4)20-26(16-17-33)18-22(2)11-15-31(37-30)27-12-13-27/h10,14,17,19,22,24-26,28,30,32H,6-9,11-13,15-16,18,20-21H2,1-5H3/b14-10+,23-19+/t22-,24+,25?,26+,28?,30+,32?/m0/s1. The van der Waals surface area contributed by atoms with Gasteiger partial charge in [-0.3, -0.25) is 4.79 Å². The number of hydrogen-bond acceptors (Lipinski definition) is 5. The quantitative estimate of drug-likeness (QED) is 0.343. The zero-order valence-electron chi connectivity index (χ0n) is 23.9. The van der Waals surface area contributed by atoms with Crippen molar-refractivity contribution < 1.29 is 23.8 Å². The number of hydrogen-bond donors (Lipinski definition) is 0. The van der Waals surface area contributed by atoms with Crippen molar-refractivity contribution >= 4 is 12.1 Å². The van der Waals surface area contributed by atoms with Crippen LogP contribution in [0.3, 0.4) is 0 Å². The van der Waals surface area contributed by atoms with Gasteiger partial charge in [-0.15, -0.1) is 0 Å². The van der Waals surface area contributed by atoms with Crippen LogP contribution in [0, 0.1) is 23.7 Å². The Balaban J connectivity index is 1.83. The maximum Gasteiger partial charge on any atom is 0.158 e. The molecule has 0 spiro atoms. The first kappa shape index (κ1) is 29.8. The number of rotatable bonds is 6. The minimum absolute atomic E-state index is 0.00751. The largest absolute Gasteiger partial charge is 0.494 e. The molecule has 3 unspecified atom stereocenters. The van der Waals surface area contributed by atoms with Gasteiger partial charge in [0.15, 0.2) is 12.1 Å². The van der Waals surface area contributed by atoms with Crippen molar-refractivity contribution in [2.45, 2.75) is 124 Å². The normalized spacial score (nSPS) is 36.8. The summed E-state index contributed by atoms with van der Waals surface area (Å²) in [4.78, 5) is 24.2. The molecule has 0 radical (unpaired) electrons. The lowest BCUT2D eigenvalue weighted by Gasteiger charge is -2.31. The summed E-state index contributed by atoms with van der Waals surface area (Å²) < 4.78 is 19.1. The van der Waals surface area contributed by atoms with E-state index < -0.39 is 0 Å². The Labute approximate surface area is 225 Å². The lowest BCUT2D eigenvalue weighted by atomic mass is 9.83. The molecule has 0 amide bonds. The maximum absolute atomic E-state index is 12.9. The zero-order valence-corrected chi connectivity index (χ0v) is 23.9. The molecule has 3 rings (SSSR count). The Bertz CT molecular complexity index is 834. The van der Waals surface area contributed by atoms with Gasteiger partial charge in [-0.25, -0.2) is 0 Å². The first-order chi connectivity index (χ1) is 17.8. The summed E-state index contributed by atoms with van der Waals surface area (Å²) in [6.07, 6.45) is 17.5. The lowest BCUT2D eigenvalue weighted by molar-refractivity contribution is -0.196. The van der Waals surface area contributed by atoms with Gasteiger partial charge in [0.25, 0.3) is 0 Å². The average molecular weight is 515 g/mol. The van der Waals surface area contributed by atoms with Gasteiger partial charge in [0, 0.05) is 24.7 Å². The second kappa shape index (κ2) is 15.0. The van der Waals surface area contributed by atoms with Crippen molar-refractivity contribution in [3.05, 3.63) is 35.1 Å². The fraction of sp³-hybridized carbons (Fsp3) is 0.750. The first-order valence-corrected chi connectivity index (χ1v) is 14.8. The monoisotopic (exact) mass is 514 g/mol. The molecule has 7 atom stereocenters. The van der Waals surface area contributed by atoms with E-state index >= 15 is 0 Å². The molecule has 5 nitrogen and oxygen atoms in total. The highest BCUT2D eigenvalue weighted by atomic mass is 16.7. The molecule has 2 aliphatic heterocycles. The molecule has 0 aromatic heterocycles. The van der Waals surface area contributed by atoms with Crippen molar-refractivity contribution in [1.29, 1.82) is 0 Å². The first-order valence-electron chi connectivity index (χ1n) is 14.8.